The summed E-state index contributed by atoms with van der Waals surface area (Å²) in [7, 11) is 4.06. The molecule has 0 aliphatic carbocycles. The molecule has 0 fully saturated rings. The highest BCUT2D eigenvalue weighted by atomic mass is 15.1. The molecule has 0 radical (unpaired) electrons. The van der Waals surface area contributed by atoms with Gasteiger partial charge in [-0.25, -0.2) is 0 Å². The molecule has 2 N–H and O–H groups in total. The first-order valence-electron chi connectivity index (χ1n) is 4.06. The zero-order valence-electron chi connectivity index (χ0n) is 8.18. The van der Waals surface area contributed by atoms with Gasteiger partial charge in [0.05, 0.1) is 0 Å². The fraction of sp³-hybridized carbons (Fsp3) is 0.400. The van der Waals surface area contributed by atoms with Gasteiger partial charge in [0.15, 0.2) is 0 Å². The van der Waals surface area contributed by atoms with Gasteiger partial charge in [0.1, 0.15) is 0 Å². The van der Waals surface area contributed by atoms with E-state index in [2.05, 4.69) is 17.0 Å². The van der Waals surface area contributed by atoms with Crippen molar-refractivity contribution in [1.29, 1.82) is 0 Å². The predicted octanol–water partition coefficient (Wildman–Crippen LogP) is 1.95. The Balaban J connectivity index is 3.21. The fourth-order valence-corrected chi connectivity index (χ4v) is 1.21. The summed E-state index contributed by atoms with van der Waals surface area (Å²) in [6.45, 7) is 4.07. The molecule has 2 nitrogen and oxygen atoms in total. The summed E-state index contributed by atoms with van der Waals surface area (Å²) < 4.78 is 0. The van der Waals surface area contributed by atoms with Crippen LogP contribution in [0.1, 0.15) is 11.1 Å². The topological polar surface area (TPSA) is 29.3 Å². The van der Waals surface area contributed by atoms with Gasteiger partial charge in [0, 0.05) is 25.5 Å². The van der Waals surface area contributed by atoms with Crippen molar-refractivity contribution in [1.82, 2.24) is 0 Å². The molecule has 0 bridgehead atoms. The molecule has 1 rings (SSSR count). The molecule has 66 valence electrons. The Morgan fingerprint density at radius 1 is 1.08 bits per heavy atom. The molecule has 0 saturated carbocycles. The van der Waals surface area contributed by atoms with E-state index in [1.807, 2.05) is 27.9 Å². The number of rotatable bonds is 1. The second-order valence-electron chi connectivity index (χ2n) is 3.39. The van der Waals surface area contributed by atoms with Crippen LogP contribution in [0.15, 0.2) is 12.1 Å². The minimum Gasteiger partial charge on any atom is -0.398 e. The molecule has 0 heterocycles. The first-order valence-corrected chi connectivity index (χ1v) is 4.06. The number of anilines is 2. The number of nitrogens with two attached hydrogens (primary N) is 1. The van der Waals surface area contributed by atoms with Crippen molar-refractivity contribution in [2.24, 2.45) is 0 Å². The first kappa shape index (κ1) is 8.91. The summed E-state index contributed by atoms with van der Waals surface area (Å²) in [5, 5.41) is 0. The van der Waals surface area contributed by atoms with E-state index in [4.69, 9.17) is 5.73 Å². The molecule has 1 aromatic carbocycles. The third-order valence-electron chi connectivity index (χ3n) is 2.09. The normalized spacial score (nSPS) is 10.0. The summed E-state index contributed by atoms with van der Waals surface area (Å²) in [5.74, 6) is 0. The Kier molecular flexibility index (Phi) is 2.27. The maximum Gasteiger partial charge on any atom is 0.0374 e. The molecule has 2 heteroatoms. The second-order valence-corrected chi connectivity index (χ2v) is 3.39. The van der Waals surface area contributed by atoms with Crippen molar-refractivity contribution in [2.45, 2.75) is 13.8 Å². The molecular formula is C10H16N2. The van der Waals surface area contributed by atoms with E-state index < -0.39 is 0 Å². The quantitative estimate of drug-likeness (QED) is 0.643. The molecule has 0 saturated heterocycles. The van der Waals surface area contributed by atoms with Gasteiger partial charge in [-0.05, 0) is 37.1 Å². The minimum absolute atomic E-state index is 0.903. The van der Waals surface area contributed by atoms with Crippen molar-refractivity contribution in [2.75, 3.05) is 24.7 Å². The van der Waals surface area contributed by atoms with E-state index in [-0.39, 0.29) is 0 Å². The van der Waals surface area contributed by atoms with Crippen LogP contribution in [0.3, 0.4) is 0 Å². The molecule has 0 aliphatic rings. The minimum atomic E-state index is 0.903. The third kappa shape index (κ3) is 1.52. The van der Waals surface area contributed by atoms with Gasteiger partial charge in [-0.15, -0.1) is 0 Å². The molecular weight excluding hydrogens is 148 g/mol. The van der Waals surface area contributed by atoms with E-state index in [9.17, 15) is 0 Å². The van der Waals surface area contributed by atoms with Gasteiger partial charge in [0.2, 0.25) is 0 Å². The van der Waals surface area contributed by atoms with Gasteiger partial charge in [-0.3, -0.25) is 0 Å². The van der Waals surface area contributed by atoms with Crippen molar-refractivity contribution in [3.8, 4) is 0 Å². The Morgan fingerprint density at radius 2 is 1.50 bits per heavy atom. The highest BCUT2D eigenvalue weighted by Gasteiger charge is 2.01. The van der Waals surface area contributed by atoms with Crippen LogP contribution >= 0.6 is 0 Å². The lowest BCUT2D eigenvalue weighted by Gasteiger charge is -2.15. The van der Waals surface area contributed by atoms with Crippen LogP contribution in [0.25, 0.3) is 0 Å². The standard InChI is InChI=1S/C10H16N2/c1-7-5-9(12(3)4)6-8(2)10(7)11/h5-6H,11H2,1-4H3. The zero-order valence-corrected chi connectivity index (χ0v) is 8.18. The van der Waals surface area contributed by atoms with Gasteiger partial charge >= 0.3 is 0 Å². The number of nitrogens with zero attached hydrogens (tertiary/aromatic N) is 1. The number of hydrogen-bond acceptors (Lipinski definition) is 2. The SMILES string of the molecule is Cc1cc(N(C)C)cc(C)c1N. The molecule has 0 atom stereocenters. The van der Waals surface area contributed by atoms with Crippen LogP contribution in [0, 0.1) is 13.8 Å². The van der Waals surface area contributed by atoms with Crippen LogP contribution in [0.5, 0.6) is 0 Å². The van der Waals surface area contributed by atoms with Crippen molar-refractivity contribution >= 4 is 11.4 Å². The van der Waals surface area contributed by atoms with Gasteiger partial charge in [-0.2, -0.15) is 0 Å². The van der Waals surface area contributed by atoms with Crippen LogP contribution in [0.4, 0.5) is 11.4 Å². The lowest BCUT2D eigenvalue weighted by Crippen LogP contribution is -2.09. The largest absolute Gasteiger partial charge is 0.398 e. The van der Waals surface area contributed by atoms with Crippen LogP contribution in [0.2, 0.25) is 0 Å². The van der Waals surface area contributed by atoms with Crippen molar-refractivity contribution < 1.29 is 0 Å². The maximum atomic E-state index is 5.83. The lowest BCUT2D eigenvalue weighted by molar-refractivity contribution is 1.12. The third-order valence-corrected chi connectivity index (χ3v) is 2.09. The molecule has 0 aliphatic heterocycles. The lowest BCUT2D eigenvalue weighted by atomic mass is 10.1. The molecule has 1 aromatic rings. The molecule has 0 unspecified atom stereocenters. The van der Waals surface area contributed by atoms with E-state index in [0.29, 0.717) is 0 Å². The second kappa shape index (κ2) is 3.05. The Bertz CT molecular complexity index is 267. The fourth-order valence-electron chi connectivity index (χ4n) is 1.21. The Morgan fingerprint density at radius 3 is 1.83 bits per heavy atom. The van der Waals surface area contributed by atoms with Gasteiger partial charge in [-0.1, -0.05) is 0 Å². The smallest absolute Gasteiger partial charge is 0.0374 e. The maximum absolute atomic E-state index is 5.83. The first-order chi connectivity index (χ1) is 5.52. The number of nitrogen functional groups attached to an aromatic ring is 1. The molecule has 0 aromatic heterocycles. The highest BCUT2D eigenvalue weighted by molar-refractivity contribution is 5.62. The summed E-state index contributed by atoms with van der Waals surface area (Å²) in [4.78, 5) is 2.08. The van der Waals surface area contributed by atoms with E-state index in [1.165, 1.54) is 5.69 Å². The van der Waals surface area contributed by atoms with Gasteiger partial charge in [0.25, 0.3) is 0 Å². The predicted molar refractivity (Wildman–Crippen MR) is 54.7 cm³/mol. The monoisotopic (exact) mass is 164 g/mol. The Hall–Kier alpha value is -1.18. The molecule has 0 amide bonds. The van der Waals surface area contributed by atoms with E-state index >= 15 is 0 Å². The summed E-state index contributed by atoms with van der Waals surface area (Å²) in [6, 6.07) is 4.20. The van der Waals surface area contributed by atoms with Crippen LogP contribution < -0.4 is 10.6 Å². The molecule has 12 heavy (non-hydrogen) atoms. The summed E-state index contributed by atoms with van der Waals surface area (Å²) >= 11 is 0. The van der Waals surface area contributed by atoms with E-state index in [0.717, 1.165) is 16.8 Å². The van der Waals surface area contributed by atoms with Gasteiger partial charge < -0.3 is 10.6 Å². The average molecular weight is 164 g/mol. The number of hydrogen-bond donors (Lipinski definition) is 1. The number of benzene rings is 1. The van der Waals surface area contributed by atoms with Crippen LogP contribution in [-0.4, -0.2) is 14.1 Å². The van der Waals surface area contributed by atoms with Crippen molar-refractivity contribution in [3.63, 3.8) is 0 Å². The molecule has 0 spiro atoms. The summed E-state index contributed by atoms with van der Waals surface area (Å²) in [6.07, 6.45) is 0. The zero-order chi connectivity index (χ0) is 9.30. The summed E-state index contributed by atoms with van der Waals surface area (Å²) in [5.41, 5.74) is 10.2. The van der Waals surface area contributed by atoms with E-state index in [1.54, 1.807) is 0 Å². The van der Waals surface area contributed by atoms with Crippen LogP contribution in [-0.2, 0) is 0 Å². The Labute approximate surface area is 74.0 Å². The average Bonchev–Trinajstić information content (AvgIpc) is 1.99. The highest BCUT2D eigenvalue weighted by Crippen LogP contribution is 2.23. The number of aryl methyl sites for hydroxylation is 2. The van der Waals surface area contributed by atoms with Crippen molar-refractivity contribution in [3.05, 3.63) is 23.3 Å².